The van der Waals surface area contributed by atoms with Crippen LogP contribution in [0, 0.1) is 5.92 Å². The Balaban J connectivity index is 2.03. The summed E-state index contributed by atoms with van der Waals surface area (Å²) in [6.07, 6.45) is 2.49. The Morgan fingerprint density at radius 1 is 1.25 bits per heavy atom. The Hall–Kier alpha value is -1.06. The molecule has 0 bridgehead atoms. The van der Waals surface area contributed by atoms with E-state index in [0.717, 1.165) is 25.4 Å². The van der Waals surface area contributed by atoms with Gasteiger partial charge < -0.3 is 10.1 Å². The molecule has 1 aliphatic heterocycles. The molecule has 2 rings (SSSR count). The lowest BCUT2D eigenvalue weighted by atomic mass is 9.93. The molecule has 0 spiro atoms. The van der Waals surface area contributed by atoms with Crippen LogP contribution in [0.25, 0.3) is 0 Å². The van der Waals surface area contributed by atoms with Gasteiger partial charge in [0.2, 0.25) is 0 Å². The van der Waals surface area contributed by atoms with Gasteiger partial charge >= 0.3 is 0 Å². The first kappa shape index (κ1) is 15.3. The number of nitrogens with zero attached hydrogens (tertiary/aromatic N) is 1. The summed E-state index contributed by atoms with van der Waals surface area (Å²) in [5, 5.41) is 3.58. The number of nitrogens with one attached hydrogen (secondary N) is 1. The maximum Gasteiger partial charge on any atom is 0.119 e. The zero-order valence-electron chi connectivity index (χ0n) is 13.1. The standard InChI is InChI=1S/C17H28N2O/c1-4-11-18-13-15-10-12-19(3)17(15)14-6-8-16(9-7-14)20-5-2/h6-9,15,17-18H,4-5,10-13H2,1-3H3. The highest BCUT2D eigenvalue weighted by atomic mass is 16.5. The van der Waals surface area contributed by atoms with Crippen LogP contribution >= 0.6 is 0 Å². The first-order valence-corrected chi connectivity index (χ1v) is 7.90. The average Bonchev–Trinajstić information content (AvgIpc) is 2.82. The molecular formula is C17H28N2O. The van der Waals surface area contributed by atoms with Gasteiger partial charge in [0, 0.05) is 6.04 Å². The zero-order valence-corrected chi connectivity index (χ0v) is 13.1. The molecule has 2 atom stereocenters. The second-order valence-corrected chi connectivity index (χ2v) is 5.68. The lowest BCUT2D eigenvalue weighted by Crippen LogP contribution is -2.28. The Morgan fingerprint density at radius 2 is 2.00 bits per heavy atom. The normalized spacial score (nSPS) is 23.1. The van der Waals surface area contributed by atoms with Gasteiger partial charge in [-0.2, -0.15) is 0 Å². The number of benzene rings is 1. The van der Waals surface area contributed by atoms with E-state index in [1.54, 1.807) is 0 Å². The van der Waals surface area contributed by atoms with Gasteiger partial charge in [0.05, 0.1) is 6.61 Å². The van der Waals surface area contributed by atoms with Gasteiger partial charge in [-0.3, -0.25) is 4.90 Å². The summed E-state index contributed by atoms with van der Waals surface area (Å²) in [5.74, 6) is 1.68. The highest BCUT2D eigenvalue weighted by Gasteiger charge is 2.32. The van der Waals surface area contributed by atoms with Crippen molar-refractivity contribution in [1.29, 1.82) is 0 Å². The Kier molecular flexibility index (Phi) is 5.86. The third-order valence-corrected chi connectivity index (χ3v) is 4.14. The molecule has 3 heteroatoms. The summed E-state index contributed by atoms with van der Waals surface area (Å²) < 4.78 is 5.53. The summed E-state index contributed by atoms with van der Waals surface area (Å²) >= 11 is 0. The number of hydrogen-bond acceptors (Lipinski definition) is 3. The van der Waals surface area contributed by atoms with E-state index in [-0.39, 0.29) is 0 Å². The monoisotopic (exact) mass is 276 g/mol. The molecule has 1 aliphatic rings. The Labute approximate surface area is 123 Å². The van der Waals surface area contributed by atoms with Crippen LogP contribution in [0.15, 0.2) is 24.3 Å². The summed E-state index contributed by atoms with van der Waals surface area (Å²) in [7, 11) is 2.24. The highest BCUT2D eigenvalue weighted by molar-refractivity contribution is 5.30. The smallest absolute Gasteiger partial charge is 0.119 e. The van der Waals surface area contributed by atoms with Crippen LogP contribution in [-0.2, 0) is 0 Å². The molecule has 0 aromatic heterocycles. The molecular weight excluding hydrogens is 248 g/mol. The molecule has 1 N–H and O–H groups in total. The van der Waals surface area contributed by atoms with Crippen LogP contribution in [0.3, 0.4) is 0 Å². The molecule has 1 fully saturated rings. The highest BCUT2D eigenvalue weighted by Crippen LogP contribution is 2.36. The lowest BCUT2D eigenvalue weighted by Gasteiger charge is -2.26. The zero-order chi connectivity index (χ0) is 14.4. The van der Waals surface area contributed by atoms with Crippen molar-refractivity contribution in [3.8, 4) is 5.75 Å². The fourth-order valence-corrected chi connectivity index (χ4v) is 3.16. The van der Waals surface area contributed by atoms with Crippen LogP contribution in [0.4, 0.5) is 0 Å². The van der Waals surface area contributed by atoms with Gasteiger partial charge in [0.1, 0.15) is 5.75 Å². The molecule has 0 radical (unpaired) electrons. The van der Waals surface area contributed by atoms with E-state index < -0.39 is 0 Å². The van der Waals surface area contributed by atoms with E-state index in [4.69, 9.17) is 4.74 Å². The quantitative estimate of drug-likeness (QED) is 0.775. The molecule has 0 aliphatic carbocycles. The van der Waals surface area contributed by atoms with E-state index in [9.17, 15) is 0 Å². The van der Waals surface area contributed by atoms with E-state index in [2.05, 4.69) is 48.5 Å². The van der Waals surface area contributed by atoms with Crippen molar-refractivity contribution in [2.24, 2.45) is 5.92 Å². The first-order chi connectivity index (χ1) is 9.76. The molecule has 1 aromatic carbocycles. The summed E-state index contributed by atoms with van der Waals surface area (Å²) in [4.78, 5) is 2.48. The number of ether oxygens (including phenoxy) is 1. The van der Waals surface area contributed by atoms with Crippen molar-refractivity contribution in [2.75, 3.05) is 33.3 Å². The predicted octanol–water partition coefficient (Wildman–Crippen LogP) is 3.08. The first-order valence-electron chi connectivity index (χ1n) is 7.90. The molecule has 1 saturated heterocycles. The van der Waals surface area contributed by atoms with Crippen molar-refractivity contribution < 1.29 is 4.74 Å². The largest absolute Gasteiger partial charge is 0.494 e. The minimum Gasteiger partial charge on any atom is -0.494 e. The van der Waals surface area contributed by atoms with Gasteiger partial charge in [0.15, 0.2) is 0 Å². The average molecular weight is 276 g/mol. The summed E-state index contributed by atoms with van der Waals surface area (Å²) in [5.41, 5.74) is 1.41. The van der Waals surface area contributed by atoms with E-state index in [1.807, 2.05) is 6.92 Å². The molecule has 0 amide bonds. The second kappa shape index (κ2) is 7.65. The molecule has 0 saturated carbocycles. The minimum absolute atomic E-state index is 0.537. The Morgan fingerprint density at radius 3 is 2.65 bits per heavy atom. The van der Waals surface area contributed by atoms with E-state index in [1.165, 1.54) is 24.9 Å². The SMILES string of the molecule is CCCNCC1CCN(C)C1c1ccc(OCC)cc1. The lowest BCUT2D eigenvalue weighted by molar-refractivity contribution is 0.272. The van der Waals surface area contributed by atoms with E-state index >= 15 is 0 Å². The molecule has 2 unspecified atom stereocenters. The number of likely N-dealkylation sites (tertiary alicyclic amines) is 1. The van der Waals surface area contributed by atoms with Crippen LogP contribution in [0.1, 0.15) is 38.3 Å². The topological polar surface area (TPSA) is 24.5 Å². The Bertz CT molecular complexity index is 390. The van der Waals surface area contributed by atoms with Crippen molar-refractivity contribution in [3.63, 3.8) is 0 Å². The number of hydrogen-bond donors (Lipinski definition) is 1. The molecule has 20 heavy (non-hydrogen) atoms. The maximum absolute atomic E-state index is 5.53. The van der Waals surface area contributed by atoms with E-state index in [0.29, 0.717) is 12.0 Å². The van der Waals surface area contributed by atoms with Crippen LogP contribution in [0.5, 0.6) is 5.75 Å². The van der Waals surface area contributed by atoms with Crippen LogP contribution in [-0.4, -0.2) is 38.2 Å². The predicted molar refractivity (Wildman–Crippen MR) is 84.2 cm³/mol. The summed E-state index contributed by atoms with van der Waals surface area (Å²) in [6.45, 7) is 8.40. The van der Waals surface area contributed by atoms with Crippen molar-refractivity contribution >= 4 is 0 Å². The van der Waals surface area contributed by atoms with Crippen molar-refractivity contribution in [1.82, 2.24) is 10.2 Å². The fraction of sp³-hybridized carbons (Fsp3) is 0.647. The minimum atomic E-state index is 0.537. The molecule has 1 aromatic rings. The van der Waals surface area contributed by atoms with Crippen LogP contribution in [0.2, 0.25) is 0 Å². The number of rotatable bonds is 7. The van der Waals surface area contributed by atoms with Gasteiger partial charge in [-0.25, -0.2) is 0 Å². The molecule has 112 valence electrons. The maximum atomic E-state index is 5.53. The van der Waals surface area contributed by atoms with Gasteiger partial charge in [-0.05, 0) is 70.1 Å². The van der Waals surface area contributed by atoms with Crippen molar-refractivity contribution in [3.05, 3.63) is 29.8 Å². The fourth-order valence-electron chi connectivity index (χ4n) is 3.16. The molecule has 1 heterocycles. The van der Waals surface area contributed by atoms with Crippen molar-refractivity contribution in [2.45, 2.75) is 32.7 Å². The summed E-state index contributed by atoms with van der Waals surface area (Å²) in [6, 6.07) is 9.19. The third-order valence-electron chi connectivity index (χ3n) is 4.14. The van der Waals surface area contributed by atoms with Gasteiger partial charge in [-0.15, -0.1) is 0 Å². The molecule has 3 nitrogen and oxygen atoms in total. The van der Waals surface area contributed by atoms with Gasteiger partial charge in [0.25, 0.3) is 0 Å². The van der Waals surface area contributed by atoms with Crippen LogP contribution < -0.4 is 10.1 Å². The third kappa shape index (κ3) is 3.74. The second-order valence-electron chi connectivity index (χ2n) is 5.68. The van der Waals surface area contributed by atoms with Gasteiger partial charge in [-0.1, -0.05) is 19.1 Å².